The van der Waals surface area contributed by atoms with Crippen LogP contribution >= 0.6 is 0 Å². The van der Waals surface area contributed by atoms with E-state index in [0.717, 1.165) is 22.5 Å². The molecule has 0 aliphatic heterocycles. The minimum Gasteiger partial charge on any atom is -0.399 e. The molecule has 0 bridgehead atoms. The van der Waals surface area contributed by atoms with E-state index in [9.17, 15) is 4.39 Å². The summed E-state index contributed by atoms with van der Waals surface area (Å²) in [7, 11) is 1.89. The van der Waals surface area contributed by atoms with Crippen molar-refractivity contribution in [2.75, 3.05) is 5.73 Å². The van der Waals surface area contributed by atoms with E-state index in [1.807, 2.05) is 42.8 Å². The molecule has 0 saturated heterocycles. The lowest BCUT2D eigenvalue weighted by atomic mass is 10.1. The Morgan fingerprint density at radius 1 is 1.21 bits per heavy atom. The summed E-state index contributed by atoms with van der Waals surface area (Å²) in [6, 6.07) is 10.6. The Morgan fingerprint density at radius 2 is 2.00 bits per heavy atom. The van der Waals surface area contributed by atoms with E-state index < -0.39 is 0 Å². The monoisotopic (exact) mass is 255 g/mol. The van der Waals surface area contributed by atoms with E-state index >= 15 is 0 Å². The van der Waals surface area contributed by atoms with Gasteiger partial charge in [-0.15, -0.1) is 0 Å². The zero-order valence-corrected chi connectivity index (χ0v) is 10.8. The van der Waals surface area contributed by atoms with Gasteiger partial charge in [-0.1, -0.05) is 6.07 Å². The van der Waals surface area contributed by atoms with Gasteiger partial charge in [0.25, 0.3) is 0 Å². The third-order valence-electron chi connectivity index (χ3n) is 3.35. The number of rotatable bonds is 1. The summed E-state index contributed by atoms with van der Waals surface area (Å²) in [5.74, 6) is 0.449. The van der Waals surface area contributed by atoms with Gasteiger partial charge >= 0.3 is 0 Å². The van der Waals surface area contributed by atoms with E-state index in [2.05, 4.69) is 4.98 Å². The normalized spacial score (nSPS) is 11.1. The van der Waals surface area contributed by atoms with Gasteiger partial charge in [0.05, 0.1) is 5.52 Å². The summed E-state index contributed by atoms with van der Waals surface area (Å²) in [5.41, 5.74) is 9.64. The predicted octanol–water partition coefficient (Wildman–Crippen LogP) is 3.27. The minimum absolute atomic E-state index is 0.299. The fraction of sp³-hybridized carbons (Fsp3) is 0.133. The first kappa shape index (κ1) is 11.7. The molecule has 0 aliphatic rings. The number of halogens is 1. The van der Waals surface area contributed by atoms with E-state index in [1.165, 1.54) is 6.07 Å². The molecular formula is C15H14FN3. The number of aryl methyl sites for hydroxylation is 2. The number of hydrogen-bond acceptors (Lipinski definition) is 2. The van der Waals surface area contributed by atoms with Crippen LogP contribution in [0.4, 0.5) is 10.1 Å². The molecule has 2 N–H and O–H groups in total. The average Bonchev–Trinajstić information content (AvgIpc) is 2.69. The summed E-state index contributed by atoms with van der Waals surface area (Å²) in [6.45, 7) is 1.97. The summed E-state index contributed by atoms with van der Waals surface area (Å²) in [6.07, 6.45) is 0. The molecule has 1 heterocycles. The molecule has 96 valence electrons. The highest BCUT2D eigenvalue weighted by molar-refractivity contribution is 5.82. The van der Waals surface area contributed by atoms with Crippen molar-refractivity contribution >= 4 is 16.7 Å². The number of fused-ring (bicyclic) bond motifs is 1. The molecule has 3 nitrogen and oxygen atoms in total. The Balaban J connectivity index is 2.31. The first-order valence-corrected chi connectivity index (χ1v) is 6.05. The lowest BCUT2D eigenvalue weighted by Crippen LogP contribution is -1.95. The Bertz CT molecular complexity index is 774. The van der Waals surface area contributed by atoms with Crippen LogP contribution in [0.1, 0.15) is 5.56 Å². The van der Waals surface area contributed by atoms with Crippen molar-refractivity contribution in [2.24, 2.45) is 7.05 Å². The fourth-order valence-electron chi connectivity index (χ4n) is 2.36. The number of nitrogens with zero attached hydrogens (tertiary/aromatic N) is 2. The molecule has 3 aromatic rings. The van der Waals surface area contributed by atoms with Crippen LogP contribution in [-0.4, -0.2) is 9.55 Å². The van der Waals surface area contributed by atoms with Gasteiger partial charge in [0.1, 0.15) is 11.3 Å². The molecule has 0 radical (unpaired) electrons. The summed E-state index contributed by atoms with van der Waals surface area (Å²) in [4.78, 5) is 4.42. The van der Waals surface area contributed by atoms with E-state index in [1.54, 1.807) is 6.07 Å². The Morgan fingerprint density at radius 3 is 2.68 bits per heavy atom. The van der Waals surface area contributed by atoms with Crippen LogP contribution in [0.5, 0.6) is 0 Å². The number of nitrogens with two attached hydrogens (primary N) is 1. The van der Waals surface area contributed by atoms with Crippen LogP contribution in [-0.2, 0) is 7.05 Å². The maximum absolute atomic E-state index is 13.8. The van der Waals surface area contributed by atoms with E-state index in [0.29, 0.717) is 11.2 Å². The zero-order chi connectivity index (χ0) is 13.6. The topological polar surface area (TPSA) is 43.8 Å². The second-order valence-corrected chi connectivity index (χ2v) is 4.68. The van der Waals surface area contributed by atoms with Crippen LogP contribution in [0.3, 0.4) is 0 Å². The van der Waals surface area contributed by atoms with Crippen molar-refractivity contribution in [3.05, 3.63) is 47.8 Å². The molecule has 3 rings (SSSR count). The van der Waals surface area contributed by atoms with Gasteiger partial charge in [-0.25, -0.2) is 9.37 Å². The van der Waals surface area contributed by atoms with Crippen LogP contribution < -0.4 is 5.73 Å². The molecule has 19 heavy (non-hydrogen) atoms. The fourth-order valence-corrected chi connectivity index (χ4v) is 2.36. The van der Waals surface area contributed by atoms with Crippen molar-refractivity contribution in [1.82, 2.24) is 9.55 Å². The highest BCUT2D eigenvalue weighted by Gasteiger charge is 2.14. The molecule has 0 saturated carbocycles. The second-order valence-electron chi connectivity index (χ2n) is 4.68. The zero-order valence-electron chi connectivity index (χ0n) is 10.8. The number of para-hydroxylation sites is 1. The number of aromatic nitrogens is 2. The summed E-state index contributed by atoms with van der Waals surface area (Å²) in [5, 5.41) is 0. The molecule has 0 unspecified atom stereocenters. The first-order valence-electron chi connectivity index (χ1n) is 6.05. The van der Waals surface area contributed by atoms with Crippen LogP contribution in [0.2, 0.25) is 0 Å². The molecule has 0 atom stereocenters. The van der Waals surface area contributed by atoms with Crippen molar-refractivity contribution in [2.45, 2.75) is 6.92 Å². The molecule has 0 spiro atoms. The predicted molar refractivity (Wildman–Crippen MR) is 75.3 cm³/mol. The maximum atomic E-state index is 13.8. The molecule has 0 aliphatic carbocycles. The summed E-state index contributed by atoms with van der Waals surface area (Å²) >= 11 is 0. The maximum Gasteiger partial charge on any atom is 0.151 e. The van der Waals surface area contributed by atoms with Gasteiger partial charge in [-0.05, 0) is 42.8 Å². The van der Waals surface area contributed by atoms with Gasteiger partial charge in [0, 0.05) is 18.3 Å². The van der Waals surface area contributed by atoms with Gasteiger partial charge in [0.2, 0.25) is 0 Å². The Labute approximate surface area is 110 Å². The lowest BCUT2D eigenvalue weighted by molar-refractivity contribution is 0.637. The second kappa shape index (κ2) is 4.09. The standard InChI is InChI=1S/C15H14FN3/c1-9-8-10(17)6-7-11(9)15-18-14-12(16)4-3-5-13(14)19(15)2/h3-8H,17H2,1-2H3. The molecule has 4 heteroatoms. The number of imidazole rings is 1. The highest BCUT2D eigenvalue weighted by atomic mass is 19.1. The Kier molecular flexibility index (Phi) is 2.52. The van der Waals surface area contributed by atoms with E-state index in [4.69, 9.17) is 5.73 Å². The van der Waals surface area contributed by atoms with E-state index in [-0.39, 0.29) is 5.82 Å². The number of anilines is 1. The van der Waals surface area contributed by atoms with Gasteiger partial charge in [0.15, 0.2) is 5.82 Å². The van der Waals surface area contributed by atoms with Crippen LogP contribution in [0.25, 0.3) is 22.4 Å². The lowest BCUT2D eigenvalue weighted by Gasteiger charge is -2.06. The largest absolute Gasteiger partial charge is 0.399 e. The molecule has 0 fully saturated rings. The molecule has 1 aromatic heterocycles. The minimum atomic E-state index is -0.299. The Hall–Kier alpha value is -2.36. The third kappa shape index (κ3) is 1.76. The number of hydrogen-bond donors (Lipinski definition) is 1. The number of benzene rings is 2. The van der Waals surface area contributed by atoms with Gasteiger partial charge < -0.3 is 10.3 Å². The van der Waals surface area contributed by atoms with Crippen molar-refractivity contribution in [3.8, 4) is 11.4 Å². The quantitative estimate of drug-likeness (QED) is 0.678. The van der Waals surface area contributed by atoms with Crippen molar-refractivity contribution < 1.29 is 4.39 Å². The summed E-state index contributed by atoms with van der Waals surface area (Å²) < 4.78 is 15.7. The first-order chi connectivity index (χ1) is 9.08. The smallest absolute Gasteiger partial charge is 0.151 e. The van der Waals surface area contributed by atoms with Crippen molar-refractivity contribution in [3.63, 3.8) is 0 Å². The van der Waals surface area contributed by atoms with Crippen molar-refractivity contribution in [1.29, 1.82) is 0 Å². The highest BCUT2D eigenvalue weighted by Crippen LogP contribution is 2.28. The van der Waals surface area contributed by atoms with Gasteiger partial charge in [-0.2, -0.15) is 0 Å². The average molecular weight is 255 g/mol. The molecule has 2 aromatic carbocycles. The SMILES string of the molecule is Cc1cc(N)ccc1-c1nc2c(F)cccc2n1C. The van der Waals surface area contributed by atoms with Gasteiger partial charge in [-0.3, -0.25) is 0 Å². The molecule has 0 amide bonds. The number of nitrogen functional groups attached to an aromatic ring is 1. The molecular weight excluding hydrogens is 241 g/mol. The van der Waals surface area contributed by atoms with Crippen LogP contribution in [0, 0.1) is 12.7 Å². The van der Waals surface area contributed by atoms with Crippen LogP contribution in [0.15, 0.2) is 36.4 Å². The third-order valence-corrected chi connectivity index (χ3v) is 3.35.